The van der Waals surface area contributed by atoms with E-state index in [2.05, 4.69) is 0 Å². The van der Waals surface area contributed by atoms with E-state index in [1.165, 1.54) is 12.4 Å². The third kappa shape index (κ3) is 2.25. The Morgan fingerprint density at radius 3 is 3.00 bits per heavy atom. The number of pyridine rings is 1. The summed E-state index contributed by atoms with van der Waals surface area (Å²) in [5.41, 5.74) is 5.56. The van der Waals surface area contributed by atoms with Crippen LogP contribution in [0.2, 0.25) is 0 Å². The van der Waals surface area contributed by atoms with Gasteiger partial charge in [0.05, 0.1) is 6.42 Å². The molecule has 0 aromatic carbocycles. The molecule has 0 saturated heterocycles. The second-order valence-corrected chi connectivity index (χ2v) is 2.22. The van der Waals surface area contributed by atoms with E-state index in [9.17, 15) is 10.0 Å². The van der Waals surface area contributed by atoms with Gasteiger partial charge >= 0.3 is 0 Å². The molecule has 4 heteroatoms. The lowest BCUT2D eigenvalue weighted by molar-refractivity contribution is -0.605. The molecule has 0 aliphatic carbocycles. The summed E-state index contributed by atoms with van der Waals surface area (Å²) in [4.78, 5) is 10.4. The number of aromatic nitrogens is 1. The molecular weight excluding hydrogens is 144 g/mol. The Hall–Kier alpha value is -1.58. The highest BCUT2D eigenvalue weighted by Crippen LogP contribution is 1.93. The average Bonchev–Trinajstić information content (AvgIpc) is 1.85. The van der Waals surface area contributed by atoms with Crippen molar-refractivity contribution < 1.29 is 9.52 Å². The number of carbonyl (C=O) groups excluding carboxylic acids is 1. The maximum absolute atomic E-state index is 10.6. The number of hydrogen-bond acceptors (Lipinski definition) is 2. The first-order valence-electron chi connectivity index (χ1n) is 3.14. The summed E-state index contributed by atoms with van der Waals surface area (Å²) in [6, 6.07) is 3.25. The standard InChI is InChI=1S/C7H8N2O2/c8-7(10)4-6-2-1-3-9(11)5-6/h1-3,5H,4H2,(H2,8,10). The predicted molar refractivity (Wildman–Crippen MR) is 38.3 cm³/mol. The SMILES string of the molecule is NC(=O)Cc1ccc[n+]([O-])c1. The van der Waals surface area contributed by atoms with Crippen molar-refractivity contribution in [1.82, 2.24) is 0 Å². The van der Waals surface area contributed by atoms with Crippen molar-refractivity contribution in [3.63, 3.8) is 0 Å². The molecule has 58 valence electrons. The van der Waals surface area contributed by atoms with Gasteiger partial charge in [-0.2, -0.15) is 4.73 Å². The first-order valence-corrected chi connectivity index (χ1v) is 3.14. The summed E-state index contributed by atoms with van der Waals surface area (Å²) in [7, 11) is 0. The summed E-state index contributed by atoms with van der Waals surface area (Å²) in [5.74, 6) is -0.434. The van der Waals surface area contributed by atoms with E-state index in [0.29, 0.717) is 10.3 Å². The number of amides is 1. The lowest BCUT2D eigenvalue weighted by Crippen LogP contribution is -2.26. The Morgan fingerprint density at radius 2 is 2.45 bits per heavy atom. The number of rotatable bonds is 2. The molecule has 1 amide bonds. The van der Waals surface area contributed by atoms with Gasteiger partial charge in [-0.05, 0) is 6.07 Å². The van der Waals surface area contributed by atoms with Crippen LogP contribution in [0.5, 0.6) is 0 Å². The van der Waals surface area contributed by atoms with Crippen LogP contribution in [0.25, 0.3) is 0 Å². The van der Waals surface area contributed by atoms with Crippen molar-refractivity contribution >= 4 is 5.91 Å². The van der Waals surface area contributed by atoms with E-state index in [4.69, 9.17) is 5.73 Å². The molecule has 0 atom stereocenters. The highest BCUT2D eigenvalue weighted by atomic mass is 16.5. The molecule has 0 fully saturated rings. The summed E-state index contributed by atoms with van der Waals surface area (Å²) in [6.45, 7) is 0. The van der Waals surface area contributed by atoms with E-state index in [-0.39, 0.29) is 6.42 Å². The molecule has 0 radical (unpaired) electrons. The summed E-state index contributed by atoms with van der Waals surface area (Å²) >= 11 is 0. The number of primary amides is 1. The molecular formula is C7H8N2O2. The minimum Gasteiger partial charge on any atom is -0.619 e. The molecule has 0 bridgehead atoms. The van der Waals surface area contributed by atoms with Crippen LogP contribution in [-0.4, -0.2) is 5.91 Å². The zero-order chi connectivity index (χ0) is 8.27. The minimum absolute atomic E-state index is 0.114. The molecule has 1 aromatic rings. The van der Waals surface area contributed by atoms with Crippen LogP contribution < -0.4 is 10.5 Å². The monoisotopic (exact) mass is 152 g/mol. The third-order valence-electron chi connectivity index (χ3n) is 1.21. The van der Waals surface area contributed by atoms with Crippen LogP contribution in [0.3, 0.4) is 0 Å². The number of nitrogens with two attached hydrogens (primary N) is 1. The highest BCUT2D eigenvalue weighted by molar-refractivity contribution is 5.76. The van der Waals surface area contributed by atoms with Gasteiger partial charge in [-0.3, -0.25) is 4.79 Å². The molecule has 4 nitrogen and oxygen atoms in total. The molecule has 0 spiro atoms. The Kier molecular flexibility index (Phi) is 2.06. The largest absolute Gasteiger partial charge is 0.619 e. The van der Waals surface area contributed by atoms with E-state index < -0.39 is 5.91 Å². The molecule has 2 N–H and O–H groups in total. The average molecular weight is 152 g/mol. The fraction of sp³-hybridized carbons (Fsp3) is 0.143. The van der Waals surface area contributed by atoms with Crippen molar-refractivity contribution in [2.75, 3.05) is 0 Å². The van der Waals surface area contributed by atoms with Gasteiger partial charge in [0.2, 0.25) is 5.91 Å². The lowest BCUT2D eigenvalue weighted by Gasteiger charge is -1.97. The summed E-state index contributed by atoms with van der Waals surface area (Å²) in [6.07, 6.45) is 2.79. The van der Waals surface area contributed by atoms with Gasteiger partial charge in [0.15, 0.2) is 12.4 Å². The van der Waals surface area contributed by atoms with Gasteiger partial charge in [0.1, 0.15) is 0 Å². The van der Waals surface area contributed by atoms with Crippen molar-refractivity contribution in [3.05, 3.63) is 35.3 Å². The number of carbonyl (C=O) groups is 1. The van der Waals surface area contributed by atoms with E-state index >= 15 is 0 Å². The van der Waals surface area contributed by atoms with Crippen LogP contribution in [-0.2, 0) is 11.2 Å². The Morgan fingerprint density at radius 1 is 1.73 bits per heavy atom. The van der Waals surface area contributed by atoms with Crippen LogP contribution in [0, 0.1) is 5.21 Å². The molecule has 1 heterocycles. The van der Waals surface area contributed by atoms with Gasteiger partial charge < -0.3 is 10.9 Å². The second-order valence-electron chi connectivity index (χ2n) is 2.22. The maximum Gasteiger partial charge on any atom is 0.222 e. The molecule has 0 aliphatic heterocycles. The second kappa shape index (κ2) is 3.01. The minimum atomic E-state index is -0.434. The third-order valence-corrected chi connectivity index (χ3v) is 1.21. The molecule has 1 aromatic heterocycles. The van der Waals surface area contributed by atoms with Crippen LogP contribution in [0.4, 0.5) is 0 Å². The fourth-order valence-corrected chi connectivity index (χ4v) is 0.807. The smallest absolute Gasteiger partial charge is 0.222 e. The van der Waals surface area contributed by atoms with E-state index in [1.54, 1.807) is 12.1 Å². The molecule has 0 saturated carbocycles. The number of hydrogen-bond donors (Lipinski definition) is 1. The molecule has 11 heavy (non-hydrogen) atoms. The molecule has 1 rings (SSSR count). The van der Waals surface area contributed by atoms with Gasteiger partial charge in [-0.15, -0.1) is 0 Å². The van der Waals surface area contributed by atoms with Crippen molar-refractivity contribution in [2.45, 2.75) is 6.42 Å². The lowest BCUT2D eigenvalue weighted by atomic mass is 10.2. The van der Waals surface area contributed by atoms with Gasteiger partial charge in [-0.1, -0.05) is 0 Å². The summed E-state index contributed by atoms with van der Waals surface area (Å²) < 4.78 is 0.637. The van der Waals surface area contributed by atoms with Crippen molar-refractivity contribution in [3.8, 4) is 0 Å². The summed E-state index contributed by atoms with van der Waals surface area (Å²) in [5, 5.41) is 10.6. The normalized spacial score (nSPS) is 9.45. The Balaban J connectivity index is 2.79. The zero-order valence-corrected chi connectivity index (χ0v) is 5.86. The quantitative estimate of drug-likeness (QED) is 0.451. The van der Waals surface area contributed by atoms with Crippen LogP contribution >= 0.6 is 0 Å². The van der Waals surface area contributed by atoms with E-state index in [1.807, 2.05) is 0 Å². The van der Waals surface area contributed by atoms with Gasteiger partial charge in [0, 0.05) is 11.6 Å². The highest BCUT2D eigenvalue weighted by Gasteiger charge is 2.00. The molecule has 0 aliphatic rings. The Bertz CT molecular complexity index is 273. The zero-order valence-electron chi connectivity index (χ0n) is 5.86. The fourth-order valence-electron chi connectivity index (χ4n) is 0.807. The predicted octanol–water partition coefficient (Wildman–Crippen LogP) is -0.652. The first-order chi connectivity index (χ1) is 5.18. The van der Waals surface area contributed by atoms with Gasteiger partial charge in [-0.25, -0.2) is 0 Å². The van der Waals surface area contributed by atoms with Gasteiger partial charge in [0.25, 0.3) is 0 Å². The first kappa shape index (κ1) is 7.53. The van der Waals surface area contributed by atoms with Crippen molar-refractivity contribution in [1.29, 1.82) is 0 Å². The Labute approximate surface area is 63.8 Å². The topological polar surface area (TPSA) is 70.0 Å². The van der Waals surface area contributed by atoms with Crippen molar-refractivity contribution in [2.24, 2.45) is 5.73 Å². The number of nitrogens with zero attached hydrogens (tertiary/aromatic N) is 1. The van der Waals surface area contributed by atoms with Crippen LogP contribution in [0.15, 0.2) is 24.5 Å². The van der Waals surface area contributed by atoms with Crippen LogP contribution in [0.1, 0.15) is 5.56 Å². The maximum atomic E-state index is 10.6. The van der Waals surface area contributed by atoms with E-state index in [0.717, 1.165) is 0 Å². The molecule has 0 unspecified atom stereocenters.